The fourth-order valence-electron chi connectivity index (χ4n) is 4.97. The van der Waals surface area contributed by atoms with Gasteiger partial charge in [0.05, 0.1) is 18.1 Å². The van der Waals surface area contributed by atoms with Gasteiger partial charge >= 0.3 is 5.97 Å². The van der Waals surface area contributed by atoms with Gasteiger partial charge in [0.25, 0.3) is 0 Å². The highest BCUT2D eigenvalue weighted by atomic mass is 16.5. The van der Waals surface area contributed by atoms with Crippen molar-refractivity contribution in [3.05, 3.63) is 5.92 Å². The third kappa shape index (κ3) is 1.27. The fourth-order valence-corrected chi connectivity index (χ4v) is 4.97. The molecule has 4 bridgehead atoms. The molecule has 4 aliphatic carbocycles. The summed E-state index contributed by atoms with van der Waals surface area (Å²) < 4.78 is 4.96. The van der Waals surface area contributed by atoms with E-state index in [1.54, 1.807) is 0 Å². The van der Waals surface area contributed by atoms with Crippen LogP contribution in [0.4, 0.5) is 0 Å². The van der Waals surface area contributed by atoms with Crippen molar-refractivity contribution in [2.45, 2.75) is 51.0 Å². The van der Waals surface area contributed by atoms with E-state index in [0.29, 0.717) is 6.42 Å². The summed E-state index contributed by atoms with van der Waals surface area (Å²) in [5, 5.41) is 10.5. The van der Waals surface area contributed by atoms with E-state index in [-0.39, 0.29) is 11.4 Å². The first-order valence-corrected chi connectivity index (χ1v) is 6.03. The Hall–Kier alpha value is -0.570. The lowest BCUT2D eigenvalue weighted by atomic mass is 9.43. The van der Waals surface area contributed by atoms with Crippen molar-refractivity contribution >= 4 is 5.97 Å². The fraction of sp³-hybridized carbons (Fsp3) is 0.846. The van der Waals surface area contributed by atoms with Crippen LogP contribution < -0.4 is 0 Å². The van der Waals surface area contributed by atoms with E-state index < -0.39 is 11.0 Å². The van der Waals surface area contributed by atoms with Gasteiger partial charge in [0, 0.05) is 0 Å². The molecule has 16 heavy (non-hydrogen) atoms. The molecule has 3 heteroatoms. The van der Waals surface area contributed by atoms with Gasteiger partial charge in [0.15, 0.2) is 0 Å². The van der Waals surface area contributed by atoms with Crippen LogP contribution in [0, 0.1) is 16.7 Å². The second-order valence-corrected chi connectivity index (χ2v) is 6.62. The van der Waals surface area contributed by atoms with E-state index in [2.05, 4.69) is 6.92 Å². The van der Waals surface area contributed by atoms with Crippen LogP contribution in [0.2, 0.25) is 0 Å². The van der Waals surface area contributed by atoms with Crippen LogP contribution in [0.15, 0.2) is 0 Å². The Morgan fingerprint density at radius 3 is 2.56 bits per heavy atom. The second-order valence-electron chi connectivity index (χ2n) is 6.62. The highest BCUT2D eigenvalue weighted by molar-refractivity contribution is 5.78. The third-order valence-electron chi connectivity index (χ3n) is 4.65. The molecule has 0 aliphatic heterocycles. The summed E-state index contributed by atoms with van der Waals surface area (Å²) in [7, 11) is 1.46. The van der Waals surface area contributed by atoms with Gasteiger partial charge in [0.2, 0.25) is 0 Å². The Bertz CT molecular complexity index is 331. The van der Waals surface area contributed by atoms with Crippen LogP contribution in [-0.4, -0.2) is 23.8 Å². The van der Waals surface area contributed by atoms with Gasteiger partial charge in [-0.2, -0.15) is 0 Å². The average Bonchev–Trinajstić information content (AvgIpc) is 2.10. The van der Waals surface area contributed by atoms with E-state index in [1.807, 2.05) is 0 Å². The lowest BCUT2D eigenvalue weighted by Crippen LogP contribution is -2.61. The average molecular weight is 223 g/mol. The topological polar surface area (TPSA) is 46.5 Å². The Balaban J connectivity index is 2.01. The zero-order valence-corrected chi connectivity index (χ0v) is 10.0. The van der Waals surface area contributed by atoms with Crippen LogP contribution in [0.25, 0.3) is 0 Å². The second kappa shape index (κ2) is 2.81. The molecule has 3 atom stereocenters. The molecule has 4 rings (SSSR count). The molecule has 1 N–H and O–H groups in total. The van der Waals surface area contributed by atoms with E-state index in [0.717, 1.165) is 32.1 Å². The number of esters is 1. The summed E-state index contributed by atoms with van der Waals surface area (Å²) in [5.74, 6) is 1.26. The van der Waals surface area contributed by atoms with Crippen molar-refractivity contribution in [1.82, 2.24) is 0 Å². The molecule has 0 aromatic carbocycles. The number of carbonyl (C=O) groups excluding carboxylic acids is 1. The van der Waals surface area contributed by atoms with E-state index in [9.17, 15) is 9.90 Å². The minimum atomic E-state index is -0.632. The maximum Gasteiger partial charge on any atom is 0.311 e. The zero-order chi connectivity index (χ0) is 11.6. The van der Waals surface area contributed by atoms with Crippen LogP contribution in [0.1, 0.15) is 45.4 Å². The predicted molar refractivity (Wildman–Crippen MR) is 58.5 cm³/mol. The van der Waals surface area contributed by atoms with Gasteiger partial charge in [-0.05, 0) is 49.9 Å². The molecule has 0 amide bonds. The zero-order valence-electron chi connectivity index (χ0n) is 10.0. The molecule has 3 unspecified atom stereocenters. The SMILES string of the molecule is COC(=O)C12C[C]3CC(C)(CC(O)(C3)C1)C2. The van der Waals surface area contributed by atoms with Crippen molar-refractivity contribution < 1.29 is 14.6 Å². The largest absolute Gasteiger partial charge is 0.469 e. The van der Waals surface area contributed by atoms with Crippen LogP contribution >= 0.6 is 0 Å². The normalized spacial score (nSPS) is 50.7. The van der Waals surface area contributed by atoms with Gasteiger partial charge in [-0.25, -0.2) is 0 Å². The smallest absolute Gasteiger partial charge is 0.311 e. The summed E-state index contributed by atoms with van der Waals surface area (Å²) in [6, 6.07) is 0. The van der Waals surface area contributed by atoms with Crippen molar-refractivity contribution in [2.75, 3.05) is 7.11 Å². The molecule has 0 spiro atoms. The number of rotatable bonds is 1. The first-order chi connectivity index (χ1) is 7.39. The summed E-state index contributed by atoms with van der Waals surface area (Å²) in [6.45, 7) is 2.20. The first-order valence-electron chi connectivity index (χ1n) is 6.03. The van der Waals surface area contributed by atoms with Gasteiger partial charge in [-0.3, -0.25) is 4.79 Å². The standard InChI is InChI=1S/C13H19O3/c1-11-3-9-4-12(6-11,10(14)16-2)8-13(15,5-9)7-11/h15H,3-8H2,1-2H3. The molecule has 0 aromatic rings. The maximum atomic E-state index is 12.0. The lowest BCUT2D eigenvalue weighted by molar-refractivity contribution is -0.190. The molecular weight excluding hydrogens is 204 g/mol. The summed E-state index contributed by atoms with van der Waals surface area (Å²) in [4.78, 5) is 12.0. The van der Waals surface area contributed by atoms with Gasteiger partial charge in [0.1, 0.15) is 0 Å². The Labute approximate surface area is 96.2 Å². The molecule has 3 nitrogen and oxygen atoms in total. The minimum absolute atomic E-state index is 0.117. The van der Waals surface area contributed by atoms with E-state index in [4.69, 9.17) is 4.74 Å². The van der Waals surface area contributed by atoms with Crippen molar-refractivity contribution in [3.63, 3.8) is 0 Å². The number of methoxy groups -OCH3 is 1. The number of aliphatic hydroxyl groups is 1. The number of carbonyl (C=O) groups is 1. The van der Waals surface area contributed by atoms with Gasteiger partial charge in [-0.1, -0.05) is 6.92 Å². The monoisotopic (exact) mass is 223 g/mol. The highest BCUT2D eigenvalue weighted by Gasteiger charge is 2.64. The summed E-state index contributed by atoms with van der Waals surface area (Å²) >= 11 is 0. The Kier molecular flexibility index (Phi) is 1.86. The molecule has 0 aromatic heterocycles. The number of ether oxygens (including phenoxy) is 1. The van der Waals surface area contributed by atoms with Crippen molar-refractivity contribution in [1.29, 1.82) is 0 Å². The van der Waals surface area contributed by atoms with E-state index in [1.165, 1.54) is 13.0 Å². The van der Waals surface area contributed by atoms with Crippen molar-refractivity contribution in [2.24, 2.45) is 10.8 Å². The van der Waals surface area contributed by atoms with Crippen LogP contribution in [-0.2, 0) is 9.53 Å². The molecule has 4 aliphatic rings. The van der Waals surface area contributed by atoms with Gasteiger partial charge in [-0.15, -0.1) is 0 Å². The Morgan fingerprint density at radius 1 is 1.25 bits per heavy atom. The quantitative estimate of drug-likeness (QED) is 0.690. The number of hydrogen-bond donors (Lipinski definition) is 1. The lowest BCUT2D eigenvalue weighted by Gasteiger charge is -2.62. The molecule has 4 fully saturated rings. The summed E-state index contributed by atoms with van der Waals surface area (Å²) in [6.07, 6.45) is 5.08. The molecule has 1 radical (unpaired) electrons. The number of hydrogen-bond acceptors (Lipinski definition) is 3. The maximum absolute atomic E-state index is 12.0. The molecule has 4 saturated carbocycles. The van der Waals surface area contributed by atoms with Crippen LogP contribution in [0.5, 0.6) is 0 Å². The third-order valence-corrected chi connectivity index (χ3v) is 4.65. The van der Waals surface area contributed by atoms with Crippen LogP contribution in [0.3, 0.4) is 0 Å². The Morgan fingerprint density at radius 2 is 2.00 bits per heavy atom. The first kappa shape index (κ1) is 10.6. The van der Waals surface area contributed by atoms with Gasteiger partial charge < -0.3 is 9.84 Å². The minimum Gasteiger partial charge on any atom is -0.469 e. The molecular formula is C13H19O3. The molecule has 89 valence electrons. The molecule has 0 heterocycles. The van der Waals surface area contributed by atoms with E-state index >= 15 is 0 Å². The van der Waals surface area contributed by atoms with Crippen molar-refractivity contribution in [3.8, 4) is 0 Å². The highest BCUT2D eigenvalue weighted by Crippen LogP contribution is 2.67. The predicted octanol–water partition coefficient (Wildman–Crippen LogP) is 1.84. The molecule has 0 saturated heterocycles. The summed E-state index contributed by atoms with van der Waals surface area (Å²) in [5.41, 5.74) is -0.928.